The second-order valence-electron chi connectivity index (χ2n) is 6.25. The molecule has 0 unspecified atom stereocenters. The summed E-state index contributed by atoms with van der Waals surface area (Å²) in [4.78, 5) is 21.6. The van der Waals surface area contributed by atoms with Crippen LogP contribution in [-0.2, 0) is 9.59 Å². The Hall–Kier alpha value is -1.32. The molecule has 0 bridgehead atoms. The van der Waals surface area contributed by atoms with Crippen LogP contribution in [0.15, 0.2) is 11.6 Å². The van der Waals surface area contributed by atoms with Gasteiger partial charge in [-0.1, -0.05) is 64.4 Å². The molecule has 0 aromatic heterocycles. The average molecular weight is 326 g/mol. The third kappa shape index (κ3) is 15.4. The Morgan fingerprint density at radius 2 is 1.26 bits per heavy atom. The highest BCUT2D eigenvalue weighted by atomic mass is 16.4. The Morgan fingerprint density at radius 3 is 1.83 bits per heavy atom. The molecule has 4 heteroatoms. The number of carbonyl (C=O) groups is 2. The standard InChI is InChI=1S/C19H34O4/c1-2-3-4-5-6-8-11-14-17(19(22)23)15-12-9-7-10-13-16-18(20)21/h14H,2-13,15-16H2,1H3,(H,20,21)(H,22,23). The second-order valence-corrected chi connectivity index (χ2v) is 6.25. The summed E-state index contributed by atoms with van der Waals surface area (Å²) in [5.41, 5.74) is 0.545. The van der Waals surface area contributed by atoms with Crippen LogP contribution < -0.4 is 0 Å². The maximum absolute atomic E-state index is 11.2. The van der Waals surface area contributed by atoms with E-state index in [4.69, 9.17) is 5.11 Å². The third-order valence-corrected chi connectivity index (χ3v) is 4.06. The Labute approximate surface area is 141 Å². The van der Waals surface area contributed by atoms with Gasteiger partial charge >= 0.3 is 11.9 Å². The van der Waals surface area contributed by atoms with Crippen molar-refractivity contribution in [3.05, 3.63) is 11.6 Å². The van der Waals surface area contributed by atoms with E-state index < -0.39 is 11.9 Å². The molecule has 23 heavy (non-hydrogen) atoms. The van der Waals surface area contributed by atoms with Gasteiger partial charge < -0.3 is 10.2 Å². The van der Waals surface area contributed by atoms with Crippen molar-refractivity contribution in [2.45, 2.75) is 96.8 Å². The van der Waals surface area contributed by atoms with Crippen LogP contribution in [0.25, 0.3) is 0 Å². The van der Waals surface area contributed by atoms with Crippen molar-refractivity contribution in [1.82, 2.24) is 0 Å². The van der Waals surface area contributed by atoms with E-state index in [1.807, 2.05) is 6.08 Å². The lowest BCUT2D eigenvalue weighted by atomic mass is 10.0. The highest BCUT2D eigenvalue weighted by Gasteiger charge is 2.06. The number of rotatable bonds is 16. The smallest absolute Gasteiger partial charge is 0.331 e. The zero-order chi connectivity index (χ0) is 17.3. The average Bonchev–Trinajstić information content (AvgIpc) is 2.50. The number of aliphatic carboxylic acids is 2. The minimum absolute atomic E-state index is 0.235. The van der Waals surface area contributed by atoms with Crippen molar-refractivity contribution in [2.24, 2.45) is 0 Å². The highest BCUT2D eigenvalue weighted by Crippen LogP contribution is 2.14. The molecule has 0 aromatic rings. The van der Waals surface area contributed by atoms with Crippen LogP contribution in [0.2, 0.25) is 0 Å². The lowest BCUT2D eigenvalue weighted by Crippen LogP contribution is -2.01. The molecule has 0 rings (SSSR count). The van der Waals surface area contributed by atoms with Crippen molar-refractivity contribution in [2.75, 3.05) is 0 Å². The summed E-state index contributed by atoms with van der Waals surface area (Å²) in [5, 5.41) is 17.8. The molecule has 2 N–H and O–H groups in total. The summed E-state index contributed by atoms with van der Waals surface area (Å²) in [7, 11) is 0. The van der Waals surface area contributed by atoms with Gasteiger partial charge in [-0.2, -0.15) is 0 Å². The molecule has 0 radical (unpaired) electrons. The summed E-state index contributed by atoms with van der Waals surface area (Å²) in [6.45, 7) is 2.20. The molecule has 0 fully saturated rings. The maximum Gasteiger partial charge on any atom is 0.331 e. The van der Waals surface area contributed by atoms with Crippen molar-refractivity contribution >= 4 is 11.9 Å². The Balaban J connectivity index is 3.70. The summed E-state index contributed by atoms with van der Waals surface area (Å²) in [5.74, 6) is -1.53. The van der Waals surface area contributed by atoms with E-state index in [2.05, 4.69) is 6.92 Å². The first kappa shape index (κ1) is 21.7. The van der Waals surface area contributed by atoms with Crippen LogP contribution >= 0.6 is 0 Å². The fourth-order valence-corrected chi connectivity index (χ4v) is 2.62. The molecular formula is C19H34O4. The van der Waals surface area contributed by atoms with Crippen molar-refractivity contribution in [3.8, 4) is 0 Å². The molecule has 0 heterocycles. The predicted molar refractivity (Wildman–Crippen MR) is 93.7 cm³/mol. The zero-order valence-electron chi connectivity index (χ0n) is 14.7. The number of hydrogen-bond donors (Lipinski definition) is 2. The lowest BCUT2D eigenvalue weighted by Gasteiger charge is -2.04. The van der Waals surface area contributed by atoms with Crippen LogP contribution in [0.4, 0.5) is 0 Å². The number of carboxylic acids is 2. The van der Waals surface area contributed by atoms with Crippen LogP contribution in [0, 0.1) is 0 Å². The number of hydrogen-bond acceptors (Lipinski definition) is 2. The highest BCUT2D eigenvalue weighted by molar-refractivity contribution is 5.86. The molecule has 0 amide bonds. The van der Waals surface area contributed by atoms with Crippen LogP contribution in [-0.4, -0.2) is 22.2 Å². The van der Waals surface area contributed by atoms with Crippen LogP contribution in [0.1, 0.15) is 96.8 Å². The number of carboxylic acid groups (broad SMARTS) is 2. The monoisotopic (exact) mass is 326 g/mol. The largest absolute Gasteiger partial charge is 0.481 e. The van der Waals surface area contributed by atoms with Crippen molar-refractivity contribution in [3.63, 3.8) is 0 Å². The van der Waals surface area contributed by atoms with Crippen LogP contribution in [0.5, 0.6) is 0 Å². The SMILES string of the molecule is CCCCCCCCC=C(CCCCCCCC(=O)O)C(=O)O. The molecular weight excluding hydrogens is 292 g/mol. The van der Waals surface area contributed by atoms with E-state index in [1.54, 1.807) is 0 Å². The number of unbranched alkanes of at least 4 members (excludes halogenated alkanes) is 10. The van der Waals surface area contributed by atoms with Gasteiger partial charge in [0.05, 0.1) is 0 Å². The predicted octanol–water partition coefficient (Wildman–Crippen LogP) is 5.56. The Morgan fingerprint density at radius 1 is 0.739 bits per heavy atom. The molecule has 0 aromatic carbocycles. The Kier molecular flexibility index (Phi) is 14.7. The lowest BCUT2D eigenvalue weighted by molar-refractivity contribution is -0.137. The fraction of sp³-hybridized carbons (Fsp3) is 0.789. The minimum atomic E-state index is -0.790. The van der Waals surface area contributed by atoms with Crippen LogP contribution in [0.3, 0.4) is 0 Å². The first-order chi connectivity index (χ1) is 11.1. The summed E-state index contributed by atoms with van der Waals surface area (Å²) in [6.07, 6.45) is 15.4. The van der Waals surface area contributed by atoms with E-state index in [1.165, 1.54) is 32.1 Å². The molecule has 4 nitrogen and oxygen atoms in total. The summed E-state index contributed by atoms with van der Waals surface area (Å²) < 4.78 is 0. The van der Waals surface area contributed by atoms with Gasteiger partial charge in [0.15, 0.2) is 0 Å². The van der Waals surface area contributed by atoms with E-state index in [0.717, 1.165) is 44.9 Å². The van der Waals surface area contributed by atoms with E-state index in [-0.39, 0.29) is 6.42 Å². The van der Waals surface area contributed by atoms with E-state index >= 15 is 0 Å². The quantitative estimate of drug-likeness (QED) is 0.287. The van der Waals surface area contributed by atoms with Gasteiger partial charge in [0.2, 0.25) is 0 Å². The zero-order valence-corrected chi connectivity index (χ0v) is 14.7. The summed E-state index contributed by atoms with van der Waals surface area (Å²) in [6, 6.07) is 0. The molecule has 0 saturated heterocycles. The molecule has 0 atom stereocenters. The minimum Gasteiger partial charge on any atom is -0.481 e. The van der Waals surface area contributed by atoms with Crippen molar-refractivity contribution in [1.29, 1.82) is 0 Å². The van der Waals surface area contributed by atoms with Gasteiger partial charge in [0.25, 0.3) is 0 Å². The Bertz CT molecular complexity index is 347. The molecule has 134 valence electrons. The normalized spacial score (nSPS) is 11.6. The number of allylic oxidation sites excluding steroid dienone is 1. The van der Waals surface area contributed by atoms with Gasteiger partial charge in [0.1, 0.15) is 0 Å². The molecule has 0 spiro atoms. The molecule has 0 aliphatic carbocycles. The third-order valence-electron chi connectivity index (χ3n) is 4.06. The topological polar surface area (TPSA) is 74.6 Å². The van der Waals surface area contributed by atoms with E-state index in [0.29, 0.717) is 12.0 Å². The van der Waals surface area contributed by atoms with Gasteiger partial charge in [-0.25, -0.2) is 4.79 Å². The van der Waals surface area contributed by atoms with E-state index in [9.17, 15) is 14.7 Å². The maximum atomic E-state index is 11.2. The first-order valence-corrected chi connectivity index (χ1v) is 9.22. The summed E-state index contributed by atoms with van der Waals surface area (Å²) >= 11 is 0. The van der Waals surface area contributed by atoms with Gasteiger partial charge in [0, 0.05) is 12.0 Å². The van der Waals surface area contributed by atoms with Gasteiger partial charge in [-0.3, -0.25) is 4.79 Å². The molecule has 0 aliphatic heterocycles. The molecule has 0 saturated carbocycles. The van der Waals surface area contributed by atoms with Gasteiger partial charge in [-0.15, -0.1) is 0 Å². The molecule has 0 aliphatic rings. The second kappa shape index (κ2) is 15.6. The van der Waals surface area contributed by atoms with Crippen molar-refractivity contribution < 1.29 is 19.8 Å². The fourth-order valence-electron chi connectivity index (χ4n) is 2.62. The van der Waals surface area contributed by atoms with Gasteiger partial charge in [-0.05, 0) is 32.1 Å². The first-order valence-electron chi connectivity index (χ1n) is 9.22.